The number of likely N-dealkylation sites (N-methyl/N-ethyl adjacent to an activating group) is 1. The molecule has 5 heterocycles. The summed E-state index contributed by atoms with van der Waals surface area (Å²) in [4.78, 5) is 27.2. The first kappa shape index (κ1) is 31.4. The Labute approximate surface area is 273 Å². The van der Waals surface area contributed by atoms with Crippen LogP contribution < -0.4 is 25.6 Å². The summed E-state index contributed by atoms with van der Waals surface area (Å²) in [6.07, 6.45) is 8.58. The van der Waals surface area contributed by atoms with Crippen molar-refractivity contribution < 1.29 is 4.74 Å². The zero-order valence-electron chi connectivity index (χ0n) is 26.1. The summed E-state index contributed by atoms with van der Waals surface area (Å²) in [6, 6.07) is 5.06. The average Bonchev–Trinajstić information content (AvgIpc) is 3.41. The third kappa shape index (κ3) is 6.65. The monoisotopic (exact) mass is 697 g/mol. The van der Waals surface area contributed by atoms with E-state index in [9.17, 15) is 0 Å². The first-order chi connectivity index (χ1) is 21.3. The molecule has 3 aromatic heterocycles. The molecule has 234 valence electrons. The van der Waals surface area contributed by atoms with Crippen LogP contribution in [0.4, 0.5) is 28.1 Å². The standard InChI is InChI=1S/C31H41BrN9OPS/c1-6-20-17-23(25(42-3)18-24(20)41-11-7-21(8-12-41)40-15-13-39(2)14-16-40)36-31-35-19-22(32)28(38-31)37-30-27(43(4)5)26-29(44-30)34-10-9-33-26/h9-10,17-19,21H,6-8,11-16H2,1-5H3,(H2,35,36,37,38). The molecular weight excluding hydrogens is 657 g/mol. The SMILES string of the molecule is CCc1cc(Nc2ncc(Br)c(Nc3sc4nccnc4c3P(C)C)n2)c(OC)cc1N1CCC(N2CCN(C)CC2)CC1. The Morgan fingerprint density at radius 2 is 1.77 bits per heavy atom. The molecule has 0 radical (unpaired) electrons. The average molecular weight is 699 g/mol. The molecule has 2 aliphatic rings. The van der Waals surface area contributed by atoms with Gasteiger partial charge in [-0.3, -0.25) is 9.88 Å². The fourth-order valence-electron chi connectivity index (χ4n) is 6.17. The highest BCUT2D eigenvalue weighted by Gasteiger charge is 2.28. The Balaban J connectivity index is 1.21. The molecular formula is C31H41BrN9OPS. The number of ether oxygens (including phenoxy) is 1. The lowest BCUT2D eigenvalue weighted by molar-refractivity contribution is 0.0982. The number of piperazine rings is 1. The van der Waals surface area contributed by atoms with Crippen molar-refractivity contribution in [2.45, 2.75) is 32.2 Å². The third-order valence-corrected chi connectivity index (χ3v) is 11.7. The first-order valence-corrected chi connectivity index (χ1v) is 19.0. The van der Waals surface area contributed by atoms with Gasteiger partial charge in [-0.1, -0.05) is 26.2 Å². The van der Waals surface area contributed by atoms with Crippen LogP contribution in [-0.2, 0) is 6.42 Å². The number of hydrogen-bond acceptors (Lipinski definition) is 11. The van der Waals surface area contributed by atoms with Crippen LogP contribution in [0.5, 0.6) is 5.75 Å². The van der Waals surface area contributed by atoms with Gasteiger partial charge in [-0.25, -0.2) is 9.97 Å². The highest BCUT2D eigenvalue weighted by Crippen LogP contribution is 2.40. The number of hydrogen-bond donors (Lipinski definition) is 2. The molecule has 6 rings (SSSR count). The summed E-state index contributed by atoms with van der Waals surface area (Å²) in [5.74, 6) is 1.96. The summed E-state index contributed by atoms with van der Waals surface area (Å²) in [5, 5.41) is 9.20. The summed E-state index contributed by atoms with van der Waals surface area (Å²) in [7, 11) is 3.54. The number of fused-ring (bicyclic) bond motifs is 1. The zero-order chi connectivity index (χ0) is 30.8. The van der Waals surface area contributed by atoms with Crippen LogP contribution in [0.15, 0.2) is 35.2 Å². The van der Waals surface area contributed by atoms with E-state index >= 15 is 0 Å². The highest BCUT2D eigenvalue weighted by atomic mass is 79.9. The second-order valence-electron chi connectivity index (χ2n) is 11.6. The molecule has 4 aromatic rings. The van der Waals surface area contributed by atoms with E-state index in [-0.39, 0.29) is 0 Å². The summed E-state index contributed by atoms with van der Waals surface area (Å²) < 4.78 is 6.69. The molecule has 0 unspecified atom stereocenters. The number of rotatable bonds is 9. The molecule has 44 heavy (non-hydrogen) atoms. The van der Waals surface area contributed by atoms with Gasteiger partial charge in [0.05, 0.1) is 17.3 Å². The number of benzene rings is 1. The van der Waals surface area contributed by atoms with Crippen molar-refractivity contribution in [1.29, 1.82) is 0 Å². The summed E-state index contributed by atoms with van der Waals surface area (Å²) >= 11 is 5.24. The molecule has 0 spiro atoms. The molecule has 1 aromatic carbocycles. The van der Waals surface area contributed by atoms with Crippen LogP contribution in [0.3, 0.4) is 0 Å². The lowest BCUT2D eigenvalue weighted by atomic mass is 9.99. The van der Waals surface area contributed by atoms with E-state index in [0.29, 0.717) is 17.8 Å². The topological polar surface area (TPSA) is 94.6 Å². The molecule has 2 N–H and O–H groups in total. The van der Waals surface area contributed by atoms with E-state index in [1.807, 2.05) is 0 Å². The van der Waals surface area contributed by atoms with Crippen LogP contribution in [0.1, 0.15) is 25.3 Å². The number of piperidine rings is 1. The van der Waals surface area contributed by atoms with Crippen LogP contribution in [0.25, 0.3) is 10.3 Å². The van der Waals surface area contributed by atoms with E-state index in [1.54, 1.807) is 37.0 Å². The van der Waals surface area contributed by atoms with Gasteiger partial charge in [-0.2, -0.15) is 4.98 Å². The van der Waals surface area contributed by atoms with Crippen molar-refractivity contribution in [3.8, 4) is 5.75 Å². The van der Waals surface area contributed by atoms with Gasteiger partial charge in [0.15, 0.2) is 5.82 Å². The quantitative estimate of drug-likeness (QED) is 0.207. The number of thiophene rings is 1. The van der Waals surface area contributed by atoms with Crippen molar-refractivity contribution in [3.05, 3.63) is 40.8 Å². The highest BCUT2D eigenvalue weighted by molar-refractivity contribution is 9.10. The predicted octanol–water partition coefficient (Wildman–Crippen LogP) is 5.89. The Morgan fingerprint density at radius 3 is 2.48 bits per heavy atom. The Morgan fingerprint density at radius 1 is 1.02 bits per heavy atom. The number of aromatic nitrogens is 4. The third-order valence-electron chi connectivity index (χ3n) is 8.61. The Bertz CT molecular complexity index is 1600. The predicted molar refractivity (Wildman–Crippen MR) is 189 cm³/mol. The normalized spacial score (nSPS) is 17.0. The number of methoxy groups -OCH3 is 1. The molecule has 13 heteroatoms. The minimum Gasteiger partial charge on any atom is -0.494 e. The lowest BCUT2D eigenvalue weighted by Gasteiger charge is -2.43. The van der Waals surface area contributed by atoms with Crippen molar-refractivity contribution in [2.75, 3.05) is 82.3 Å². The van der Waals surface area contributed by atoms with Gasteiger partial charge in [-0.15, -0.1) is 0 Å². The molecule has 0 saturated carbocycles. The van der Waals surface area contributed by atoms with E-state index in [1.165, 1.54) is 55.6 Å². The summed E-state index contributed by atoms with van der Waals surface area (Å²) in [6.45, 7) is 13.5. The van der Waals surface area contributed by atoms with E-state index in [0.717, 1.165) is 50.8 Å². The number of halogens is 1. The largest absolute Gasteiger partial charge is 0.494 e. The van der Waals surface area contributed by atoms with E-state index < -0.39 is 7.92 Å². The molecule has 2 saturated heterocycles. The van der Waals surface area contributed by atoms with Crippen molar-refractivity contribution in [3.63, 3.8) is 0 Å². The maximum atomic E-state index is 5.91. The van der Waals surface area contributed by atoms with E-state index in [2.05, 4.69) is 95.6 Å². The van der Waals surface area contributed by atoms with Gasteiger partial charge in [0.2, 0.25) is 5.95 Å². The zero-order valence-corrected chi connectivity index (χ0v) is 29.4. The molecule has 2 fully saturated rings. The molecule has 0 atom stereocenters. The maximum absolute atomic E-state index is 5.91. The van der Waals surface area contributed by atoms with Crippen LogP contribution >= 0.6 is 35.2 Å². The summed E-state index contributed by atoms with van der Waals surface area (Å²) in [5.41, 5.74) is 4.37. The molecule has 0 amide bonds. The smallest absolute Gasteiger partial charge is 0.229 e. The lowest BCUT2D eigenvalue weighted by Crippen LogP contribution is -2.52. The Hall–Kier alpha value is -2.63. The molecule has 2 aliphatic heterocycles. The van der Waals surface area contributed by atoms with E-state index in [4.69, 9.17) is 9.72 Å². The van der Waals surface area contributed by atoms with Crippen molar-refractivity contribution >= 4 is 79.0 Å². The fourth-order valence-corrected chi connectivity index (χ4v) is 9.17. The minimum absolute atomic E-state index is 0.415. The number of anilines is 5. The fraction of sp³-hybridized carbons (Fsp3) is 0.484. The Kier molecular flexibility index (Phi) is 9.83. The second-order valence-corrected chi connectivity index (χ2v) is 15.7. The van der Waals surface area contributed by atoms with Gasteiger partial charge < -0.3 is 25.2 Å². The van der Waals surface area contributed by atoms with Gasteiger partial charge in [0.1, 0.15) is 21.1 Å². The van der Waals surface area contributed by atoms with Gasteiger partial charge in [0.25, 0.3) is 0 Å². The van der Waals surface area contributed by atoms with Gasteiger partial charge >= 0.3 is 0 Å². The second kappa shape index (κ2) is 13.8. The van der Waals surface area contributed by atoms with Gasteiger partial charge in [-0.05, 0) is 67.2 Å². The number of nitrogens with zero attached hydrogens (tertiary/aromatic N) is 7. The maximum Gasteiger partial charge on any atom is 0.229 e. The molecule has 0 aliphatic carbocycles. The van der Waals surface area contributed by atoms with Crippen LogP contribution in [0, 0.1) is 0 Å². The number of nitrogens with one attached hydrogen (secondary N) is 2. The first-order valence-electron chi connectivity index (χ1n) is 15.2. The molecule has 10 nitrogen and oxygen atoms in total. The number of aryl methyl sites for hydroxylation is 1. The minimum atomic E-state index is -0.415. The van der Waals surface area contributed by atoms with Crippen LogP contribution in [0.2, 0.25) is 0 Å². The van der Waals surface area contributed by atoms with Crippen molar-refractivity contribution in [2.24, 2.45) is 0 Å². The van der Waals surface area contributed by atoms with Crippen molar-refractivity contribution in [1.82, 2.24) is 29.7 Å². The molecule has 0 bridgehead atoms. The van der Waals surface area contributed by atoms with Crippen LogP contribution in [-0.4, -0.2) is 103 Å². The van der Waals surface area contributed by atoms with Gasteiger partial charge in [0, 0.05) is 81.0 Å².